The molecule has 0 atom stereocenters. The van der Waals surface area contributed by atoms with Gasteiger partial charge in [-0.05, 0) is 12.1 Å². The molecule has 7 nitrogen and oxygen atoms in total. The van der Waals surface area contributed by atoms with E-state index in [0.717, 1.165) is 0 Å². The molecule has 0 aliphatic rings. The van der Waals surface area contributed by atoms with Gasteiger partial charge >= 0.3 is 0 Å². The molecule has 1 aromatic carbocycles. The van der Waals surface area contributed by atoms with Gasteiger partial charge in [-0.2, -0.15) is 0 Å². The van der Waals surface area contributed by atoms with Gasteiger partial charge in [0, 0.05) is 19.4 Å². The Labute approximate surface area is 118 Å². The second-order valence-electron chi connectivity index (χ2n) is 4.56. The van der Waals surface area contributed by atoms with Crippen molar-refractivity contribution in [1.82, 2.24) is 14.8 Å². The van der Waals surface area contributed by atoms with Gasteiger partial charge < -0.3 is 14.1 Å². The van der Waals surface area contributed by atoms with Crippen LogP contribution < -0.4 is 5.56 Å². The summed E-state index contributed by atoms with van der Waals surface area (Å²) in [5, 5.41) is 17.8. The maximum Gasteiger partial charge on any atom is 0.289 e. The van der Waals surface area contributed by atoms with E-state index in [-0.39, 0.29) is 23.1 Å². The first-order valence-electron chi connectivity index (χ1n) is 6.16. The van der Waals surface area contributed by atoms with E-state index in [1.165, 1.54) is 18.5 Å². The average molecular weight is 285 g/mol. The first-order valence-corrected chi connectivity index (χ1v) is 6.16. The van der Waals surface area contributed by atoms with Gasteiger partial charge in [0.1, 0.15) is 11.3 Å². The largest absolute Gasteiger partial charge is 0.506 e. The molecule has 0 amide bonds. The van der Waals surface area contributed by atoms with Crippen LogP contribution in [0.1, 0.15) is 22.1 Å². The standard InChI is InChI=1S/C14H11N3O4/c1-7-15-16-13(21-7)12(19)10-11(18)8-5-3-4-6-9(8)17(2)14(10)20/h3-6,18H,1-2H3. The number of carbonyl (C=O) groups excluding carboxylic acids is 1. The van der Waals surface area contributed by atoms with Crippen molar-refractivity contribution < 1.29 is 14.3 Å². The predicted octanol–water partition coefficient (Wildman–Crippen LogP) is 1.17. The molecule has 0 bridgehead atoms. The molecular formula is C14H11N3O4. The Kier molecular flexibility index (Phi) is 2.83. The molecule has 2 heterocycles. The van der Waals surface area contributed by atoms with Crippen molar-refractivity contribution >= 4 is 16.7 Å². The average Bonchev–Trinajstić information content (AvgIpc) is 2.91. The van der Waals surface area contributed by atoms with E-state index in [2.05, 4.69) is 10.2 Å². The molecular weight excluding hydrogens is 274 g/mol. The van der Waals surface area contributed by atoms with E-state index in [0.29, 0.717) is 10.9 Å². The summed E-state index contributed by atoms with van der Waals surface area (Å²) in [5.74, 6) is -1.29. The lowest BCUT2D eigenvalue weighted by molar-refractivity contribution is 0.0997. The summed E-state index contributed by atoms with van der Waals surface area (Å²) in [6.45, 7) is 1.53. The summed E-state index contributed by atoms with van der Waals surface area (Å²) in [6, 6.07) is 6.75. The number of rotatable bonds is 2. The molecule has 0 fully saturated rings. The number of para-hydroxylation sites is 1. The lowest BCUT2D eigenvalue weighted by atomic mass is 10.1. The number of aryl methyl sites for hydroxylation is 2. The third-order valence-electron chi connectivity index (χ3n) is 3.22. The zero-order valence-electron chi connectivity index (χ0n) is 11.3. The normalized spacial score (nSPS) is 11.0. The maximum atomic E-state index is 12.3. The minimum atomic E-state index is -0.792. The van der Waals surface area contributed by atoms with Crippen LogP contribution in [0.5, 0.6) is 5.75 Å². The molecule has 3 rings (SSSR count). The highest BCUT2D eigenvalue weighted by molar-refractivity contribution is 6.10. The van der Waals surface area contributed by atoms with Crippen molar-refractivity contribution in [2.45, 2.75) is 6.92 Å². The van der Waals surface area contributed by atoms with Crippen LogP contribution in [-0.2, 0) is 7.05 Å². The molecule has 106 valence electrons. The summed E-state index contributed by atoms with van der Waals surface area (Å²) in [6.07, 6.45) is 0. The van der Waals surface area contributed by atoms with Crippen LogP contribution in [-0.4, -0.2) is 25.7 Å². The Morgan fingerprint density at radius 3 is 2.67 bits per heavy atom. The van der Waals surface area contributed by atoms with E-state index in [1.54, 1.807) is 24.3 Å². The molecule has 0 saturated heterocycles. The number of hydrogen-bond donors (Lipinski definition) is 1. The minimum Gasteiger partial charge on any atom is -0.506 e. The quantitative estimate of drug-likeness (QED) is 0.710. The van der Waals surface area contributed by atoms with Gasteiger partial charge in [-0.1, -0.05) is 12.1 Å². The third kappa shape index (κ3) is 1.90. The smallest absolute Gasteiger partial charge is 0.289 e. The van der Waals surface area contributed by atoms with Gasteiger partial charge in [0.25, 0.3) is 17.2 Å². The predicted molar refractivity (Wildman–Crippen MR) is 73.3 cm³/mol. The molecule has 7 heteroatoms. The molecule has 0 aliphatic carbocycles. The number of ketones is 1. The van der Waals surface area contributed by atoms with Crippen LogP contribution in [0.3, 0.4) is 0 Å². The number of nitrogens with zero attached hydrogens (tertiary/aromatic N) is 3. The van der Waals surface area contributed by atoms with Gasteiger partial charge in [-0.15, -0.1) is 10.2 Å². The second kappa shape index (κ2) is 4.55. The molecule has 0 spiro atoms. The number of aromatic nitrogens is 3. The van der Waals surface area contributed by atoms with Crippen LogP contribution in [0.25, 0.3) is 10.9 Å². The van der Waals surface area contributed by atoms with Gasteiger partial charge in [-0.3, -0.25) is 9.59 Å². The van der Waals surface area contributed by atoms with Gasteiger partial charge in [-0.25, -0.2) is 0 Å². The number of hydrogen-bond acceptors (Lipinski definition) is 6. The van der Waals surface area contributed by atoms with Gasteiger partial charge in [0.2, 0.25) is 5.89 Å². The zero-order valence-corrected chi connectivity index (χ0v) is 11.3. The fourth-order valence-electron chi connectivity index (χ4n) is 2.18. The molecule has 2 aromatic heterocycles. The minimum absolute atomic E-state index is 0.204. The van der Waals surface area contributed by atoms with E-state index >= 15 is 0 Å². The van der Waals surface area contributed by atoms with Crippen molar-refractivity contribution in [3.63, 3.8) is 0 Å². The number of carbonyl (C=O) groups is 1. The molecule has 0 saturated carbocycles. The first kappa shape index (κ1) is 13.0. The fraction of sp³-hybridized carbons (Fsp3) is 0.143. The van der Waals surface area contributed by atoms with Crippen LogP contribution in [0, 0.1) is 6.92 Å². The van der Waals surface area contributed by atoms with Crippen LogP contribution >= 0.6 is 0 Å². The number of aromatic hydroxyl groups is 1. The van der Waals surface area contributed by atoms with Crippen molar-refractivity contribution in [1.29, 1.82) is 0 Å². The molecule has 21 heavy (non-hydrogen) atoms. The molecule has 3 aromatic rings. The molecule has 1 N–H and O–H groups in total. The van der Waals surface area contributed by atoms with Crippen LogP contribution in [0.2, 0.25) is 0 Å². The number of benzene rings is 1. The van der Waals surface area contributed by atoms with Crippen LogP contribution in [0.4, 0.5) is 0 Å². The number of fused-ring (bicyclic) bond motifs is 1. The Morgan fingerprint density at radius 1 is 1.29 bits per heavy atom. The van der Waals surface area contributed by atoms with Gasteiger partial charge in [0.15, 0.2) is 0 Å². The van der Waals surface area contributed by atoms with E-state index in [1.807, 2.05) is 0 Å². The van der Waals surface area contributed by atoms with Crippen molar-refractivity contribution in [3.05, 3.63) is 52.0 Å². The molecule has 0 unspecified atom stereocenters. The summed E-state index contributed by atoms with van der Waals surface area (Å²) >= 11 is 0. The third-order valence-corrected chi connectivity index (χ3v) is 3.22. The SMILES string of the molecule is Cc1nnc(C(=O)c2c(O)c3ccccc3n(C)c2=O)o1. The van der Waals surface area contributed by atoms with Crippen molar-refractivity contribution in [2.75, 3.05) is 0 Å². The lowest BCUT2D eigenvalue weighted by Gasteiger charge is -2.09. The fourth-order valence-corrected chi connectivity index (χ4v) is 2.18. The lowest BCUT2D eigenvalue weighted by Crippen LogP contribution is -2.25. The van der Waals surface area contributed by atoms with Crippen molar-refractivity contribution in [3.8, 4) is 5.75 Å². The molecule has 0 radical (unpaired) electrons. The summed E-state index contributed by atoms with van der Waals surface area (Å²) < 4.78 is 6.33. The number of pyridine rings is 1. The van der Waals surface area contributed by atoms with E-state index < -0.39 is 11.3 Å². The van der Waals surface area contributed by atoms with Crippen LogP contribution in [0.15, 0.2) is 33.5 Å². The molecule has 0 aliphatic heterocycles. The van der Waals surface area contributed by atoms with Gasteiger partial charge in [0.05, 0.1) is 5.52 Å². The highest BCUT2D eigenvalue weighted by Crippen LogP contribution is 2.27. The highest BCUT2D eigenvalue weighted by Gasteiger charge is 2.25. The van der Waals surface area contributed by atoms with Crippen molar-refractivity contribution in [2.24, 2.45) is 7.05 Å². The zero-order chi connectivity index (χ0) is 15.1. The topological polar surface area (TPSA) is 98.2 Å². The Balaban J connectivity index is 2.33. The first-order chi connectivity index (χ1) is 10.0. The Morgan fingerprint density at radius 2 is 2.00 bits per heavy atom. The second-order valence-corrected chi connectivity index (χ2v) is 4.56. The Bertz CT molecular complexity index is 924. The van der Waals surface area contributed by atoms with E-state index in [4.69, 9.17) is 4.42 Å². The summed E-state index contributed by atoms with van der Waals surface area (Å²) in [5.41, 5.74) is -0.467. The summed E-state index contributed by atoms with van der Waals surface area (Å²) in [7, 11) is 1.53. The highest BCUT2D eigenvalue weighted by atomic mass is 16.4. The maximum absolute atomic E-state index is 12.3. The Hall–Kier alpha value is -2.96. The monoisotopic (exact) mass is 285 g/mol. The summed E-state index contributed by atoms with van der Waals surface area (Å²) in [4.78, 5) is 24.6. The van der Waals surface area contributed by atoms with E-state index in [9.17, 15) is 14.7 Å².